The van der Waals surface area contributed by atoms with Crippen LogP contribution in [-0.4, -0.2) is 21.2 Å². The van der Waals surface area contributed by atoms with Crippen LogP contribution in [0.3, 0.4) is 0 Å². The number of rotatable bonds is 5. The lowest BCUT2D eigenvalue weighted by molar-refractivity contribution is -0.113. The number of carbonyl (C=O) groups is 1. The highest BCUT2D eigenvalue weighted by Crippen LogP contribution is 2.28. The zero-order valence-electron chi connectivity index (χ0n) is 16.6. The molecule has 0 aliphatic heterocycles. The molecule has 2 heterocycles. The number of para-hydroxylation sites is 1. The number of halogens is 2. The molecule has 1 amide bonds. The van der Waals surface area contributed by atoms with Crippen molar-refractivity contribution >= 4 is 56.5 Å². The molecule has 4 rings (SSSR count). The maximum absolute atomic E-state index is 13.6. The molecule has 1 N–H and O–H groups in total. The first-order chi connectivity index (χ1) is 14.8. The van der Waals surface area contributed by atoms with Crippen molar-refractivity contribution in [2.75, 3.05) is 11.1 Å². The van der Waals surface area contributed by atoms with Crippen molar-refractivity contribution < 1.29 is 9.18 Å². The molecule has 0 aliphatic rings. The summed E-state index contributed by atoms with van der Waals surface area (Å²) in [4.78, 5) is 30.4. The summed E-state index contributed by atoms with van der Waals surface area (Å²) in [6.07, 6.45) is 0. The summed E-state index contributed by atoms with van der Waals surface area (Å²) in [6.45, 7) is 3.58. The van der Waals surface area contributed by atoms with Crippen LogP contribution in [0.4, 0.5) is 10.1 Å². The fourth-order valence-corrected chi connectivity index (χ4v) is 5.00. The van der Waals surface area contributed by atoms with Gasteiger partial charge in [-0.2, -0.15) is 0 Å². The quantitative estimate of drug-likeness (QED) is 0.303. The first-order valence-electron chi connectivity index (χ1n) is 9.29. The summed E-state index contributed by atoms with van der Waals surface area (Å²) in [5.74, 6) is -0.640. The molecule has 0 radical (unpaired) electrons. The van der Waals surface area contributed by atoms with E-state index in [1.54, 1.807) is 30.5 Å². The van der Waals surface area contributed by atoms with Gasteiger partial charge in [-0.1, -0.05) is 35.5 Å². The zero-order valence-corrected chi connectivity index (χ0v) is 19.0. The lowest BCUT2D eigenvalue weighted by Crippen LogP contribution is -2.23. The Morgan fingerprint density at radius 2 is 2.03 bits per heavy atom. The number of hydrogen-bond donors (Lipinski definition) is 1. The van der Waals surface area contributed by atoms with Crippen LogP contribution in [0.15, 0.2) is 57.8 Å². The second-order valence-corrected chi connectivity index (χ2v) is 9.14. The third-order valence-electron chi connectivity index (χ3n) is 4.67. The molecule has 2 aromatic heterocycles. The van der Waals surface area contributed by atoms with E-state index < -0.39 is 0 Å². The molecule has 0 saturated carbocycles. The van der Waals surface area contributed by atoms with E-state index in [0.717, 1.165) is 17.3 Å². The van der Waals surface area contributed by atoms with Gasteiger partial charge in [-0.3, -0.25) is 14.2 Å². The van der Waals surface area contributed by atoms with Crippen molar-refractivity contribution in [1.82, 2.24) is 9.55 Å². The minimum Gasteiger partial charge on any atom is -0.324 e. The number of amides is 1. The van der Waals surface area contributed by atoms with Crippen molar-refractivity contribution in [2.45, 2.75) is 19.0 Å². The number of carbonyl (C=O) groups excluding carboxylic acids is 1. The lowest BCUT2D eigenvalue weighted by atomic mass is 10.2. The Morgan fingerprint density at radius 1 is 1.23 bits per heavy atom. The molecule has 0 saturated heterocycles. The number of aromatic nitrogens is 2. The molecule has 2 aromatic carbocycles. The zero-order chi connectivity index (χ0) is 22.1. The number of anilines is 1. The van der Waals surface area contributed by atoms with Gasteiger partial charge in [0, 0.05) is 0 Å². The van der Waals surface area contributed by atoms with E-state index in [2.05, 4.69) is 10.3 Å². The van der Waals surface area contributed by atoms with Crippen LogP contribution >= 0.6 is 34.7 Å². The highest BCUT2D eigenvalue weighted by molar-refractivity contribution is 7.99. The minimum atomic E-state index is -0.386. The fraction of sp³-hybridized carbons (Fsp3) is 0.136. The Morgan fingerprint density at radius 3 is 2.77 bits per heavy atom. The molecular weight excluding hydrogens is 457 g/mol. The van der Waals surface area contributed by atoms with Crippen molar-refractivity contribution in [2.24, 2.45) is 0 Å². The average Bonchev–Trinajstić information content (AvgIpc) is 3.19. The van der Waals surface area contributed by atoms with Gasteiger partial charge in [0.25, 0.3) is 5.56 Å². The van der Waals surface area contributed by atoms with Gasteiger partial charge in [-0.05, 0) is 60.7 Å². The Labute approximate surface area is 190 Å². The van der Waals surface area contributed by atoms with Crippen LogP contribution in [0.2, 0.25) is 5.02 Å². The van der Waals surface area contributed by atoms with E-state index in [9.17, 15) is 14.0 Å². The van der Waals surface area contributed by atoms with Gasteiger partial charge in [-0.25, -0.2) is 9.37 Å². The molecule has 4 aromatic rings. The van der Waals surface area contributed by atoms with Gasteiger partial charge in [0.05, 0.1) is 27.7 Å². The van der Waals surface area contributed by atoms with E-state index in [0.29, 0.717) is 37.3 Å². The largest absolute Gasteiger partial charge is 0.324 e. The van der Waals surface area contributed by atoms with Crippen LogP contribution < -0.4 is 10.9 Å². The fourth-order valence-electron chi connectivity index (χ4n) is 3.17. The molecule has 0 spiro atoms. The summed E-state index contributed by atoms with van der Waals surface area (Å²) in [6, 6.07) is 11.3. The Bertz CT molecular complexity index is 1350. The third kappa shape index (κ3) is 4.37. The molecule has 31 heavy (non-hydrogen) atoms. The summed E-state index contributed by atoms with van der Waals surface area (Å²) in [5.41, 5.74) is 2.84. The highest BCUT2D eigenvalue weighted by Gasteiger charge is 2.18. The number of hydrogen-bond acceptors (Lipinski definition) is 5. The Balaban J connectivity index is 1.68. The highest BCUT2D eigenvalue weighted by atomic mass is 35.5. The first-order valence-corrected chi connectivity index (χ1v) is 11.5. The maximum atomic E-state index is 13.6. The van der Waals surface area contributed by atoms with Crippen molar-refractivity contribution in [1.29, 1.82) is 0 Å². The standard InChI is InChI=1S/C22H17ClFN3O2S2/c1-12-4-3-5-15(23)19(12)26-18(28)11-31-22-25-16-8-9-30-20(16)21(29)27(22)17-7-6-14(24)10-13(17)2/h3-10H,11H2,1-2H3,(H,26,28). The number of nitrogens with one attached hydrogen (secondary N) is 1. The summed E-state index contributed by atoms with van der Waals surface area (Å²) in [5, 5.41) is 5.42. The summed E-state index contributed by atoms with van der Waals surface area (Å²) < 4.78 is 15.6. The number of thiophene rings is 1. The maximum Gasteiger partial charge on any atom is 0.276 e. The van der Waals surface area contributed by atoms with E-state index in [1.165, 1.54) is 28.0 Å². The average molecular weight is 474 g/mol. The molecule has 158 valence electrons. The van der Waals surface area contributed by atoms with Gasteiger partial charge in [0.15, 0.2) is 5.16 Å². The molecule has 5 nitrogen and oxygen atoms in total. The van der Waals surface area contributed by atoms with Gasteiger partial charge >= 0.3 is 0 Å². The molecule has 0 fully saturated rings. The topological polar surface area (TPSA) is 64.0 Å². The first kappa shape index (κ1) is 21.5. The molecule has 9 heteroatoms. The molecule has 0 aliphatic carbocycles. The van der Waals surface area contributed by atoms with Crippen molar-refractivity contribution in [3.05, 3.63) is 80.2 Å². The van der Waals surface area contributed by atoms with Crippen LogP contribution in [0, 0.1) is 19.7 Å². The van der Waals surface area contributed by atoms with Crippen LogP contribution in [0.1, 0.15) is 11.1 Å². The van der Waals surface area contributed by atoms with Crippen LogP contribution in [-0.2, 0) is 4.79 Å². The molecule has 0 unspecified atom stereocenters. The number of benzene rings is 2. The number of thioether (sulfide) groups is 1. The normalized spacial score (nSPS) is 11.1. The molecular formula is C22H17ClFN3O2S2. The third-order valence-corrected chi connectivity index (χ3v) is 6.81. The summed E-state index contributed by atoms with van der Waals surface area (Å²) in [7, 11) is 0. The SMILES string of the molecule is Cc1cc(F)ccc1-n1c(SCC(=O)Nc2c(C)cccc2Cl)nc2ccsc2c1=O. The van der Waals surface area contributed by atoms with E-state index in [4.69, 9.17) is 11.6 Å². The Hall–Kier alpha value is -2.68. The number of fused-ring (bicyclic) bond motifs is 1. The predicted molar refractivity (Wildman–Crippen MR) is 125 cm³/mol. The smallest absolute Gasteiger partial charge is 0.276 e. The second-order valence-electron chi connectivity index (χ2n) is 6.87. The molecule has 0 atom stereocenters. The second kappa shape index (κ2) is 8.82. The van der Waals surface area contributed by atoms with E-state index in [-0.39, 0.29) is 23.0 Å². The number of aryl methyl sites for hydroxylation is 2. The van der Waals surface area contributed by atoms with Gasteiger partial charge < -0.3 is 5.32 Å². The minimum absolute atomic E-state index is 0.0208. The van der Waals surface area contributed by atoms with Gasteiger partial charge in [0.1, 0.15) is 10.5 Å². The van der Waals surface area contributed by atoms with Gasteiger partial charge in [-0.15, -0.1) is 11.3 Å². The van der Waals surface area contributed by atoms with E-state index in [1.807, 2.05) is 19.1 Å². The van der Waals surface area contributed by atoms with Crippen LogP contribution in [0.25, 0.3) is 15.9 Å². The number of nitrogens with zero attached hydrogens (tertiary/aromatic N) is 2. The monoisotopic (exact) mass is 473 g/mol. The predicted octanol–water partition coefficient (Wildman–Crippen LogP) is 5.59. The molecule has 0 bridgehead atoms. The lowest BCUT2D eigenvalue weighted by Gasteiger charge is -2.14. The van der Waals surface area contributed by atoms with E-state index >= 15 is 0 Å². The van der Waals surface area contributed by atoms with Crippen molar-refractivity contribution in [3.8, 4) is 5.69 Å². The van der Waals surface area contributed by atoms with Crippen molar-refractivity contribution in [3.63, 3.8) is 0 Å². The van der Waals surface area contributed by atoms with Gasteiger partial charge in [0.2, 0.25) is 5.91 Å². The van der Waals surface area contributed by atoms with Crippen LogP contribution in [0.5, 0.6) is 0 Å². The summed E-state index contributed by atoms with van der Waals surface area (Å²) >= 11 is 8.62. The Kier molecular flexibility index (Phi) is 6.13.